The Kier molecular flexibility index (Phi) is 14.5. The van der Waals surface area contributed by atoms with Gasteiger partial charge in [-0.25, -0.2) is 14.2 Å². The van der Waals surface area contributed by atoms with Crippen molar-refractivity contribution in [1.82, 2.24) is 5.32 Å². The van der Waals surface area contributed by atoms with E-state index in [1.165, 1.54) is 24.8 Å². The Bertz CT molecular complexity index is 1300. The van der Waals surface area contributed by atoms with Gasteiger partial charge in [0.25, 0.3) is 5.91 Å². The van der Waals surface area contributed by atoms with Crippen molar-refractivity contribution >= 4 is 45.4 Å². The van der Waals surface area contributed by atoms with E-state index in [0.29, 0.717) is 16.9 Å². The minimum Gasteiger partial charge on any atom is -0.448 e. The minimum atomic E-state index is -0.665. The van der Waals surface area contributed by atoms with Crippen LogP contribution < -0.4 is 20.1 Å². The van der Waals surface area contributed by atoms with E-state index in [1.54, 1.807) is 11.0 Å². The van der Waals surface area contributed by atoms with Crippen LogP contribution in [0, 0.1) is 0 Å². The third-order valence-corrected chi connectivity index (χ3v) is 7.03. The van der Waals surface area contributed by atoms with Gasteiger partial charge in [-0.3, -0.25) is 10.1 Å². The zero-order valence-electron chi connectivity index (χ0n) is 25.0. The molecule has 9 nitrogen and oxygen atoms in total. The topological polar surface area (TPSA) is 101 Å². The van der Waals surface area contributed by atoms with Gasteiger partial charge >= 0.3 is 12.2 Å². The molecule has 0 saturated heterocycles. The normalized spacial score (nSPS) is 10.6. The number of pyridine rings is 1. The van der Waals surface area contributed by atoms with Gasteiger partial charge < -0.3 is 19.7 Å². The monoisotopic (exact) mass is 653 g/mol. The molecule has 0 bridgehead atoms. The van der Waals surface area contributed by atoms with Gasteiger partial charge in [-0.1, -0.05) is 63.4 Å². The van der Waals surface area contributed by atoms with Crippen molar-refractivity contribution in [3.8, 4) is 0 Å². The van der Waals surface area contributed by atoms with Crippen molar-refractivity contribution in [3.05, 3.63) is 88.7 Å². The first-order valence-electron chi connectivity index (χ1n) is 14.9. The molecule has 0 atom stereocenters. The summed E-state index contributed by atoms with van der Waals surface area (Å²) >= 11 is 3.49. The smallest absolute Gasteiger partial charge is 0.411 e. The third kappa shape index (κ3) is 12.1. The van der Waals surface area contributed by atoms with Gasteiger partial charge in [0.1, 0.15) is 25.3 Å². The van der Waals surface area contributed by atoms with E-state index in [-0.39, 0.29) is 32.2 Å². The number of amides is 3. The Hall–Kier alpha value is -3.92. The molecule has 0 saturated carbocycles. The summed E-state index contributed by atoms with van der Waals surface area (Å²) in [5.41, 5.74) is 3.10. The van der Waals surface area contributed by atoms with Crippen LogP contribution in [0.25, 0.3) is 0 Å². The zero-order chi connectivity index (χ0) is 30.9. The van der Waals surface area contributed by atoms with Crippen molar-refractivity contribution in [2.24, 2.45) is 0 Å². The molecule has 230 valence electrons. The molecular weight excluding hydrogens is 612 g/mol. The van der Waals surface area contributed by atoms with Crippen LogP contribution in [0.5, 0.6) is 0 Å². The number of aromatic nitrogens is 1. The number of anilines is 2. The molecule has 0 radical (unpaired) electrons. The summed E-state index contributed by atoms with van der Waals surface area (Å²) in [6.45, 7) is 5.25. The quantitative estimate of drug-likeness (QED) is 0.129. The van der Waals surface area contributed by atoms with Crippen molar-refractivity contribution in [2.75, 3.05) is 36.5 Å². The first kappa shape index (κ1) is 33.6. The summed E-state index contributed by atoms with van der Waals surface area (Å²) in [5, 5.41) is 5.25. The maximum atomic E-state index is 13.5. The number of ether oxygens (including phenoxy) is 2. The lowest BCUT2D eigenvalue weighted by Gasteiger charge is -2.22. The van der Waals surface area contributed by atoms with Crippen LogP contribution in [0.15, 0.2) is 77.5 Å². The molecule has 2 N–H and O–H groups in total. The summed E-state index contributed by atoms with van der Waals surface area (Å²) in [6, 6.07) is 18.7. The molecule has 0 fully saturated rings. The van der Waals surface area contributed by atoms with Crippen LogP contribution in [0.1, 0.15) is 61.9 Å². The highest BCUT2D eigenvalue weighted by atomic mass is 79.9. The summed E-state index contributed by atoms with van der Waals surface area (Å²) in [7, 11) is 0. The maximum absolute atomic E-state index is 13.5. The number of nitrogens with zero attached hydrogens (tertiary/aromatic N) is 2. The lowest BCUT2D eigenvalue weighted by molar-refractivity contribution is -0.697. The highest BCUT2D eigenvalue weighted by molar-refractivity contribution is 9.10. The van der Waals surface area contributed by atoms with E-state index in [0.717, 1.165) is 30.3 Å². The number of hydrogen-bond donors (Lipinski definition) is 2. The molecule has 1 aromatic heterocycles. The molecule has 10 heteroatoms. The average Bonchev–Trinajstić information content (AvgIpc) is 3.00. The predicted octanol–water partition coefficient (Wildman–Crippen LogP) is 6.89. The lowest BCUT2D eigenvalue weighted by Crippen LogP contribution is -2.39. The van der Waals surface area contributed by atoms with E-state index >= 15 is 0 Å². The number of carbonyl (C=O) groups excluding carboxylic acids is 3. The summed E-state index contributed by atoms with van der Waals surface area (Å²) in [4.78, 5) is 39.4. The molecule has 0 spiro atoms. The van der Waals surface area contributed by atoms with E-state index in [9.17, 15) is 14.4 Å². The molecule has 2 aromatic carbocycles. The molecule has 43 heavy (non-hydrogen) atoms. The fourth-order valence-corrected chi connectivity index (χ4v) is 4.97. The molecule has 3 rings (SSSR count). The Labute approximate surface area is 262 Å². The van der Waals surface area contributed by atoms with Crippen molar-refractivity contribution < 1.29 is 28.4 Å². The van der Waals surface area contributed by atoms with E-state index < -0.39 is 12.2 Å². The number of hydrogen-bond acceptors (Lipinski definition) is 5. The van der Waals surface area contributed by atoms with Crippen LogP contribution in [0.3, 0.4) is 0 Å². The van der Waals surface area contributed by atoms with Crippen molar-refractivity contribution in [2.45, 2.75) is 58.9 Å². The van der Waals surface area contributed by atoms with Crippen LogP contribution in [-0.2, 0) is 22.4 Å². The molecule has 3 aromatic rings. The number of aryl methyl sites for hydroxylation is 2. The van der Waals surface area contributed by atoms with E-state index in [1.807, 2.05) is 71.6 Å². The second kappa shape index (κ2) is 18.6. The predicted molar refractivity (Wildman–Crippen MR) is 171 cm³/mol. The number of nitrogens with one attached hydrogen (secondary N) is 2. The number of benzene rings is 2. The van der Waals surface area contributed by atoms with Crippen LogP contribution >= 0.6 is 15.9 Å². The highest BCUT2D eigenvalue weighted by Gasteiger charge is 2.21. The first-order valence-corrected chi connectivity index (χ1v) is 15.7. The summed E-state index contributed by atoms with van der Waals surface area (Å²) in [5.74, 6) is -0.206. The van der Waals surface area contributed by atoms with Crippen LogP contribution in [0.4, 0.5) is 21.0 Å². The Morgan fingerprint density at radius 2 is 1.60 bits per heavy atom. The number of rotatable bonds is 16. The number of halogens is 1. The summed E-state index contributed by atoms with van der Waals surface area (Å²) in [6.07, 6.45) is 9.29. The number of alkyl carbamates (subject to hydrolysis) is 1. The minimum absolute atomic E-state index is 0.0221. The van der Waals surface area contributed by atoms with Gasteiger partial charge in [0, 0.05) is 17.8 Å². The second-order valence-electron chi connectivity index (χ2n) is 10.1. The number of para-hydroxylation sites is 1. The molecule has 0 aliphatic rings. The summed E-state index contributed by atoms with van der Waals surface area (Å²) < 4.78 is 13.2. The van der Waals surface area contributed by atoms with E-state index in [4.69, 9.17) is 9.47 Å². The van der Waals surface area contributed by atoms with Gasteiger partial charge in [-0.15, -0.1) is 0 Å². The van der Waals surface area contributed by atoms with Crippen molar-refractivity contribution in [3.63, 3.8) is 0 Å². The largest absolute Gasteiger partial charge is 0.448 e. The first-order chi connectivity index (χ1) is 20.9. The molecule has 0 unspecified atom stereocenters. The fraction of sp³-hybridized carbons (Fsp3) is 0.394. The van der Waals surface area contributed by atoms with Gasteiger partial charge in [0.2, 0.25) is 0 Å². The zero-order valence-corrected chi connectivity index (χ0v) is 26.6. The second-order valence-corrected chi connectivity index (χ2v) is 11.0. The maximum Gasteiger partial charge on any atom is 0.411 e. The van der Waals surface area contributed by atoms with Crippen LogP contribution in [0.2, 0.25) is 0 Å². The average molecular weight is 655 g/mol. The van der Waals surface area contributed by atoms with Gasteiger partial charge in [0.05, 0.1) is 17.6 Å². The lowest BCUT2D eigenvalue weighted by atomic mass is 10.1. The third-order valence-electron chi connectivity index (χ3n) is 6.60. The number of carbonyl (C=O) groups is 3. The van der Waals surface area contributed by atoms with Gasteiger partial charge in [0.15, 0.2) is 12.4 Å². The highest BCUT2D eigenvalue weighted by Crippen LogP contribution is 2.18. The molecule has 0 aliphatic heterocycles. The number of unbranched alkanes of at least 4 members (excludes halogenated alkanes) is 3. The molecule has 1 heterocycles. The van der Waals surface area contributed by atoms with Crippen LogP contribution in [-0.4, -0.2) is 44.4 Å². The SMILES string of the molecule is CCCCCCc1ccc(NC(=O)OCCNC(=O)OCCN(C(=O)c2cc(Br)c[n+](CCC)c2)c2ccccc2)cc1. The Balaban J connectivity index is 1.41. The fourth-order valence-electron chi connectivity index (χ4n) is 4.46. The standard InChI is InChI=1S/C33H41BrN4O5/c1-3-5-6-8-11-26-14-16-29(17-15-26)36-33(41)42-21-18-35-32(40)43-22-20-38(30-12-9-7-10-13-30)31(39)27-23-28(34)25-37(24-27)19-4-2/h7,9-10,12-17,23-25H,3-6,8,11,18-22H2,1-2H3,(H-,35,36,40,41)/p+1. The van der Waals surface area contributed by atoms with Crippen molar-refractivity contribution in [1.29, 1.82) is 0 Å². The van der Waals surface area contributed by atoms with Gasteiger partial charge in [-0.2, -0.15) is 0 Å². The molecule has 0 aliphatic carbocycles. The van der Waals surface area contributed by atoms with Gasteiger partial charge in [-0.05, 0) is 64.7 Å². The van der Waals surface area contributed by atoms with E-state index in [2.05, 4.69) is 40.4 Å². The Morgan fingerprint density at radius 1 is 0.860 bits per heavy atom. The Morgan fingerprint density at radius 3 is 2.33 bits per heavy atom. The molecule has 3 amide bonds. The molecular formula is C33H42BrN4O5+.